The van der Waals surface area contributed by atoms with E-state index < -0.39 is 10.9 Å². The Morgan fingerprint density at radius 3 is 2.67 bits per heavy atom. The van der Waals surface area contributed by atoms with Crippen molar-refractivity contribution in [2.45, 2.75) is 6.92 Å². The zero-order valence-electron chi connectivity index (χ0n) is 15.9. The second-order valence-electron chi connectivity index (χ2n) is 6.47. The van der Waals surface area contributed by atoms with Crippen LogP contribution in [0.25, 0.3) is 34.4 Å². The van der Waals surface area contributed by atoms with E-state index in [1.807, 2.05) is 18.2 Å². The first-order valence-corrected chi connectivity index (χ1v) is 9.11. The van der Waals surface area contributed by atoms with Gasteiger partial charge < -0.3 is 9.15 Å². The lowest BCUT2D eigenvalue weighted by molar-refractivity contribution is -0.384. The van der Waals surface area contributed by atoms with E-state index >= 15 is 0 Å². The van der Waals surface area contributed by atoms with Crippen LogP contribution in [0.3, 0.4) is 0 Å². The van der Waals surface area contributed by atoms with Gasteiger partial charge in [-0.3, -0.25) is 14.9 Å². The first-order chi connectivity index (χ1) is 14.5. The number of aromatic nitrogens is 1. The average molecular weight is 400 g/mol. The van der Waals surface area contributed by atoms with Crippen molar-refractivity contribution in [3.63, 3.8) is 0 Å². The minimum absolute atomic E-state index is 0.0171. The molecular formula is C23H16N2O5. The van der Waals surface area contributed by atoms with Gasteiger partial charge in [0.25, 0.3) is 5.69 Å². The lowest BCUT2D eigenvalue weighted by Gasteiger charge is -2.05. The average Bonchev–Trinajstić information content (AvgIpc) is 3.21. The molecule has 0 fully saturated rings. The Kier molecular flexibility index (Phi) is 5.09. The fourth-order valence-corrected chi connectivity index (χ4v) is 3.06. The second-order valence-corrected chi connectivity index (χ2v) is 6.47. The number of ether oxygens (including phenoxy) is 1. The number of furan rings is 1. The summed E-state index contributed by atoms with van der Waals surface area (Å²) >= 11 is 0. The number of para-hydroxylation sites is 2. The van der Waals surface area contributed by atoms with E-state index in [-0.39, 0.29) is 5.69 Å². The number of nitrogens with zero attached hydrogens (tertiary/aromatic N) is 2. The molecule has 0 N–H and O–H groups in total. The number of carbonyl (C=O) groups excluding carboxylic acids is 1. The summed E-state index contributed by atoms with van der Waals surface area (Å²) in [5.74, 6) is 0.916. The van der Waals surface area contributed by atoms with Gasteiger partial charge in [0.2, 0.25) is 0 Å². The Bertz CT molecular complexity index is 1290. The van der Waals surface area contributed by atoms with Gasteiger partial charge >= 0.3 is 5.97 Å². The Hall–Kier alpha value is -4.26. The molecule has 0 spiro atoms. The lowest BCUT2D eigenvalue weighted by Crippen LogP contribution is -2.02. The van der Waals surface area contributed by atoms with Gasteiger partial charge in [0.1, 0.15) is 17.0 Å². The molecule has 4 rings (SSSR count). The molecule has 2 heterocycles. The molecule has 7 heteroatoms. The first kappa shape index (κ1) is 19.1. The van der Waals surface area contributed by atoms with Crippen LogP contribution in [0.1, 0.15) is 18.4 Å². The number of carbonyl (C=O) groups is 1. The predicted octanol–water partition coefficient (Wildman–Crippen LogP) is 5.50. The van der Waals surface area contributed by atoms with Crippen molar-refractivity contribution in [3.05, 3.63) is 88.3 Å². The van der Waals surface area contributed by atoms with Gasteiger partial charge in [-0.25, -0.2) is 4.98 Å². The predicted molar refractivity (Wildman–Crippen MR) is 113 cm³/mol. The summed E-state index contributed by atoms with van der Waals surface area (Å²) in [6, 6.07) is 18.9. The molecular weight excluding hydrogens is 384 g/mol. The van der Waals surface area contributed by atoms with Gasteiger partial charge in [-0.2, -0.15) is 0 Å². The number of benzene rings is 2. The molecule has 0 atom stereocenters. The molecule has 0 bridgehead atoms. The summed E-state index contributed by atoms with van der Waals surface area (Å²) in [7, 11) is 0. The van der Waals surface area contributed by atoms with Crippen LogP contribution in [0.2, 0.25) is 0 Å². The summed E-state index contributed by atoms with van der Waals surface area (Å²) in [6.07, 6.45) is 3.48. The maximum atomic E-state index is 11.3. The van der Waals surface area contributed by atoms with Gasteiger partial charge in [-0.1, -0.05) is 30.3 Å². The summed E-state index contributed by atoms with van der Waals surface area (Å²) in [6.45, 7) is 1.34. The second kappa shape index (κ2) is 8.00. The van der Waals surface area contributed by atoms with Crippen LogP contribution in [-0.4, -0.2) is 15.9 Å². The van der Waals surface area contributed by atoms with Crippen LogP contribution in [0.15, 0.2) is 71.1 Å². The Balaban J connectivity index is 1.63. The third-order valence-corrected chi connectivity index (χ3v) is 4.37. The quantitative estimate of drug-likeness (QED) is 0.190. The van der Waals surface area contributed by atoms with E-state index in [1.165, 1.54) is 13.0 Å². The summed E-state index contributed by atoms with van der Waals surface area (Å²) in [4.78, 5) is 26.7. The summed E-state index contributed by atoms with van der Waals surface area (Å²) in [5.41, 5.74) is 1.62. The maximum Gasteiger partial charge on any atom is 0.308 e. The maximum absolute atomic E-state index is 11.3. The Morgan fingerprint density at radius 1 is 1.03 bits per heavy atom. The van der Waals surface area contributed by atoms with E-state index in [0.717, 1.165) is 5.39 Å². The number of fused-ring (bicyclic) bond motifs is 1. The largest absolute Gasteiger partial charge is 0.456 e. The van der Waals surface area contributed by atoms with Gasteiger partial charge in [0.15, 0.2) is 5.75 Å². The standard InChI is InChI=1S/C23H16N2O5/c1-15(26)29-22-8-4-5-16-9-10-17(24-23(16)22)11-12-18-13-14-21(30-18)19-6-2-3-7-20(19)25(27)28/h2-14H,1H3. The molecule has 0 radical (unpaired) electrons. The summed E-state index contributed by atoms with van der Waals surface area (Å²) in [5, 5.41) is 12.1. The number of nitro benzene ring substituents is 1. The van der Waals surface area contributed by atoms with Crippen LogP contribution in [0.4, 0.5) is 5.69 Å². The van der Waals surface area contributed by atoms with Crippen molar-refractivity contribution >= 4 is 34.7 Å². The van der Waals surface area contributed by atoms with Crippen molar-refractivity contribution in [3.8, 4) is 17.1 Å². The zero-order chi connectivity index (χ0) is 21.1. The van der Waals surface area contributed by atoms with Crippen molar-refractivity contribution in [1.29, 1.82) is 0 Å². The van der Waals surface area contributed by atoms with Gasteiger partial charge in [-0.05, 0) is 42.5 Å². The first-order valence-electron chi connectivity index (χ1n) is 9.11. The number of hydrogen-bond acceptors (Lipinski definition) is 6. The molecule has 2 aromatic carbocycles. The molecule has 0 saturated heterocycles. The van der Waals surface area contributed by atoms with Crippen molar-refractivity contribution in [2.24, 2.45) is 0 Å². The van der Waals surface area contributed by atoms with E-state index in [2.05, 4.69) is 4.98 Å². The normalized spacial score (nSPS) is 11.1. The van der Waals surface area contributed by atoms with Gasteiger partial charge in [0, 0.05) is 18.4 Å². The van der Waals surface area contributed by atoms with Crippen LogP contribution in [0.5, 0.6) is 5.75 Å². The number of pyridine rings is 1. The molecule has 0 amide bonds. The molecule has 30 heavy (non-hydrogen) atoms. The molecule has 0 saturated carbocycles. The highest BCUT2D eigenvalue weighted by Crippen LogP contribution is 2.31. The fourth-order valence-electron chi connectivity index (χ4n) is 3.06. The molecule has 7 nitrogen and oxygen atoms in total. The molecule has 2 aromatic heterocycles. The third kappa shape index (κ3) is 3.95. The molecule has 0 aliphatic rings. The van der Waals surface area contributed by atoms with E-state index in [1.54, 1.807) is 54.6 Å². The lowest BCUT2D eigenvalue weighted by atomic mass is 10.1. The van der Waals surface area contributed by atoms with E-state index in [9.17, 15) is 14.9 Å². The highest BCUT2D eigenvalue weighted by atomic mass is 16.6. The van der Waals surface area contributed by atoms with Crippen molar-refractivity contribution in [2.75, 3.05) is 0 Å². The molecule has 148 valence electrons. The van der Waals surface area contributed by atoms with Gasteiger partial charge in [-0.15, -0.1) is 0 Å². The highest BCUT2D eigenvalue weighted by Gasteiger charge is 2.16. The SMILES string of the molecule is CC(=O)Oc1cccc2ccc(C=Cc3ccc(-c4ccccc4[N+](=O)[O-])o3)nc12. The summed E-state index contributed by atoms with van der Waals surface area (Å²) < 4.78 is 11.0. The zero-order valence-corrected chi connectivity index (χ0v) is 15.9. The molecule has 4 aromatic rings. The highest BCUT2D eigenvalue weighted by molar-refractivity contribution is 5.88. The van der Waals surface area contributed by atoms with Gasteiger partial charge in [0.05, 0.1) is 16.2 Å². The van der Waals surface area contributed by atoms with Crippen molar-refractivity contribution in [1.82, 2.24) is 4.98 Å². The van der Waals surface area contributed by atoms with E-state index in [0.29, 0.717) is 34.0 Å². The minimum atomic E-state index is -0.437. The van der Waals surface area contributed by atoms with Crippen LogP contribution >= 0.6 is 0 Å². The molecule has 0 aliphatic heterocycles. The number of hydrogen-bond donors (Lipinski definition) is 0. The number of rotatable bonds is 5. The topological polar surface area (TPSA) is 95.5 Å². The van der Waals surface area contributed by atoms with E-state index in [4.69, 9.17) is 9.15 Å². The molecule has 0 aliphatic carbocycles. The smallest absolute Gasteiger partial charge is 0.308 e. The Labute approximate surface area is 171 Å². The van der Waals surface area contributed by atoms with Crippen molar-refractivity contribution < 1.29 is 18.9 Å². The molecule has 0 unspecified atom stereocenters. The van der Waals surface area contributed by atoms with Crippen LogP contribution in [-0.2, 0) is 4.79 Å². The van der Waals surface area contributed by atoms with Crippen LogP contribution in [0, 0.1) is 10.1 Å². The van der Waals surface area contributed by atoms with Crippen LogP contribution < -0.4 is 4.74 Å². The monoisotopic (exact) mass is 400 g/mol. The number of esters is 1. The Morgan fingerprint density at radius 2 is 1.87 bits per heavy atom. The third-order valence-electron chi connectivity index (χ3n) is 4.37. The minimum Gasteiger partial charge on any atom is -0.456 e. The fraction of sp³-hybridized carbons (Fsp3) is 0.0435. The number of nitro groups is 1.